The van der Waals surface area contributed by atoms with Crippen LogP contribution in [-0.2, 0) is 0 Å². The van der Waals surface area contributed by atoms with E-state index in [1.54, 1.807) is 0 Å². The van der Waals surface area contributed by atoms with Crippen molar-refractivity contribution in [2.75, 3.05) is 32.8 Å². The van der Waals surface area contributed by atoms with E-state index in [1.807, 2.05) is 31.2 Å². The fraction of sp³-hybridized carbons (Fsp3) is 0.625. The highest BCUT2D eigenvalue weighted by Gasteiger charge is 2.43. The van der Waals surface area contributed by atoms with Gasteiger partial charge in [0.15, 0.2) is 0 Å². The van der Waals surface area contributed by atoms with Gasteiger partial charge in [-0.1, -0.05) is 13.8 Å². The summed E-state index contributed by atoms with van der Waals surface area (Å²) in [6, 6.07) is 7.68. The molecule has 4 heteroatoms. The normalized spacial score (nSPS) is 17.9. The molecule has 0 amide bonds. The summed E-state index contributed by atoms with van der Waals surface area (Å²) in [5.41, 5.74) is -0.501. The number of β-amino-alcohol motifs (C(OH)–C–C–N with tert-alkyl or cyclic N) is 1. The third kappa shape index (κ3) is 3.64. The summed E-state index contributed by atoms with van der Waals surface area (Å²) < 4.78 is 11.1. The Kier molecular flexibility index (Phi) is 4.89. The maximum atomic E-state index is 10.2. The van der Waals surface area contributed by atoms with Gasteiger partial charge in [-0.3, -0.25) is 4.90 Å². The molecule has 0 aromatic heterocycles. The van der Waals surface area contributed by atoms with Crippen LogP contribution in [0.5, 0.6) is 11.5 Å². The van der Waals surface area contributed by atoms with Gasteiger partial charge < -0.3 is 14.6 Å². The van der Waals surface area contributed by atoms with Gasteiger partial charge in [0, 0.05) is 19.6 Å². The van der Waals surface area contributed by atoms with Crippen LogP contribution >= 0.6 is 0 Å². The first-order chi connectivity index (χ1) is 9.53. The fourth-order valence-corrected chi connectivity index (χ4v) is 2.34. The van der Waals surface area contributed by atoms with Gasteiger partial charge in [-0.2, -0.15) is 0 Å². The smallest absolute Gasteiger partial charge is 0.119 e. The minimum Gasteiger partial charge on any atom is -0.494 e. The van der Waals surface area contributed by atoms with Crippen LogP contribution in [0.4, 0.5) is 0 Å². The van der Waals surface area contributed by atoms with Gasteiger partial charge in [-0.25, -0.2) is 0 Å². The van der Waals surface area contributed by atoms with Crippen LogP contribution in [0.2, 0.25) is 0 Å². The third-order valence-corrected chi connectivity index (χ3v) is 3.88. The molecule has 0 unspecified atom stereocenters. The van der Waals surface area contributed by atoms with E-state index in [0.29, 0.717) is 19.1 Å². The predicted octanol–water partition coefficient (Wildman–Crippen LogP) is 2.17. The minimum atomic E-state index is -0.501. The molecular formula is C16H25NO3. The lowest BCUT2D eigenvalue weighted by molar-refractivity contribution is -0.129. The van der Waals surface area contributed by atoms with Crippen molar-refractivity contribution < 1.29 is 14.6 Å². The SMILES string of the molecule is CCOc1ccc(OCCN2CC(O)(C(C)C)C2)cc1. The van der Waals surface area contributed by atoms with Crippen LogP contribution in [-0.4, -0.2) is 48.5 Å². The van der Waals surface area contributed by atoms with Crippen molar-refractivity contribution in [2.24, 2.45) is 5.92 Å². The molecule has 0 saturated carbocycles. The molecule has 112 valence electrons. The summed E-state index contributed by atoms with van der Waals surface area (Å²) >= 11 is 0. The first kappa shape index (κ1) is 15.1. The van der Waals surface area contributed by atoms with Crippen molar-refractivity contribution in [2.45, 2.75) is 26.4 Å². The van der Waals surface area contributed by atoms with E-state index >= 15 is 0 Å². The number of hydrogen-bond acceptors (Lipinski definition) is 4. The monoisotopic (exact) mass is 279 g/mol. The lowest BCUT2D eigenvalue weighted by Gasteiger charge is -2.49. The second-order valence-corrected chi connectivity index (χ2v) is 5.72. The maximum Gasteiger partial charge on any atom is 0.119 e. The van der Waals surface area contributed by atoms with Crippen molar-refractivity contribution in [3.05, 3.63) is 24.3 Å². The number of nitrogens with zero attached hydrogens (tertiary/aromatic N) is 1. The molecule has 0 bridgehead atoms. The Morgan fingerprint density at radius 1 is 1.15 bits per heavy atom. The van der Waals surface area contributed by atoms with Crippen LogP contribution < -0.4 is 9.47 Å². The number of likely N-dealkylation sites (tertiary alicyclic amines) is 1. The zero-order valence-electron chi connectivity index (χ0n) is 12.6. The standard InChI is InChI=1S/C16H25NO3/c1-4-19-14-5-7-15(8-6-14)20-10-9-17-11-16(18,12-17)13(2)3/h5-8,13,18H,4,9-12H2,1-3H3. The van der Waals surface area contributed by atoms with Crippen molar-refractivity contribution in [1.82, 2.24) is 4.90 Å². The van der Waals surface area contributed by atoms with Gasteiger partial charge in [0.05, 0.1) is 12.2 Å². The highest BCUT2D eigenvalue weighted by Crippen LogP contribution is 2.28. The van der Waals surface area contributed by atoms with Crippen LogP contribution in [0, 0.1) is 5.92 Å². The summed E-state index contributed by atoms with van der Waals surface area (Å²) in [4.78, 5) is 2.22. The molecule has 1 aromatic carbocycles. The number of hydrogen-bond donors (Lipinski definition) is 1. The second kappa shape index (κ2) is 6.46. The lowest BCUT2D eigenvalue weighted by Crippen LogP contribution is -2.64. The number of ether oxygens (including phenoxy) is 2. The topological polar surface area (TPSA) is 41.9 Å². The Bertz CT molecular complexity index is 410. The summed E-state index contributed by atoms with van der Waals surface area (Å²) in [5.74, 6) is 2.03. The van der Waals surface area contributed by atoms with Gasteiger partial charge in [0.1, 0.15) is 18.1 Å². The molecule has 1 aliphatic heterocycles. The van der Waals surface area contributed by atoms with Crippen LogP contribution in [0.15, 0.2) is 24.3 Å². The Morgan fingerprint density at radius 2 is 1.70 bits per heavy atom. The van der Waals surface area contributed by atoms with E-state index in [0.717, 1.165) is 31.1 Å². The molecular weight excluding hydrogens is 254 g/mol. The first-order valence-corrected chi connectivity index (χ1v) is 7.34. The number of benzene rings is 1. The van der Waals surface area contributed by atoms with E-state index in [-0.39, 0.29) is 0 Å². The average Bonchev–Trinajstić information content (AvgIpc) is 2.38. The molecule has 0 atom stereocenters. The zero-order valence-corrected chi connectivity index (χ0v) is 12.6. The van der Waals surface area contributed by atoms with Gasteiger partial charge in [-0.05, 0) is 37.1 Å². The van der Waals surface area contributed by atoms with Crippen LogP contribution in [0.3, 0.4) is 0 Å². The molecule has 2 rings (SSSR count). The summed E-state index contributed by atoms with van der Waals surface area (Å²) in [6.07, 6.45) is 0. The van der Waals surface area contributed by atoms with E-state index in [4.69, 9.17) is 9.47 Å². The summed E-state index contributed by atoms with van der Waals surface area (Å²) in [7, 11) is 0. The molecule has 4 nitrogen and oxygen atoms in total. The van der Waals surface area contributed by atoms with Gasteiger partial charge in [0.25, 0.3) is 0 Å². The third-order valence-electron chi connectivity index (χ3n) is 3.88. The van der Waals surface area contributed by atoms with Crippen molar-refractivity contribution in [3.8, 4) is 11.5 Å². The Morgan fingerprint density at radius 3 is 2.20 bits per heavy atom. The van der Waals surface area contributed by atoms with E-state index in [1.165, 1.54) is 0 Å². The van der Waals surface area contributed by atoms with Gasteiger partial charge >= 0.3 is 0 Å². The Balaban J connectivity index is 1.67. The number of rotatable bonds is 7. The van der Waals surface area contributed by atoms with Gasteiger partial charge in [-0.15, -0.1) is 0 Å². The van der Waals surface area contributed by atoms with E-state index in [9.17, 15) is 5.11 Å². The first-order valence-electron chi connectivity index (χ1n) is 7.34. The Hall–Kier alpha value is -1.26. The van der Waals surface area contributed by atoms with Crippen molar-refractivity contribution in [1.29, 1.82) is 0 Å². The summed E-state index contributed by atoms with van der Waals surface area (Å²) in [6.45, 7) is 9.75. The minimum absolute atomic E-state index is 0.311. The highest BCUT2D eigenvalue weighted by atomic mass is 16.5. The average molecular weight is 279 g/mol. The summed E-state index contributed by atoms with van der Waals surface area (Å²) in [5, 5.41) is 10.2. The van der Waals surface area contributed by atoms with Gasteiger partial charge in [0.2, 0.25) is 0 Å². The molecule has 0 radical (unpaired) electrons. The van der Waals surface area contributed by atoms with E-state index in [2.05, 4.69) is 18.7 Å². The fourth-order valence-electron chi connectivity index (χ4n) is 2.34. The molecule has 1 aliphatic rings. The molecule has 1 heterocycles. The lowest BCUT2D eigenvalue weighted by atomic mass is 9.83. The number of aliphatic hydroxyl groups is 1. The Labute approximate surface area is 121 Å². The zero-order chi connectivity index (χ0) is 14.6. The highest BCUT2D eigenvalue weighted by molar-refractivity contribution is 5.31. The second-order valence-electron chi connectivity index (χ2n) is 5.72. The molecule has 0 spiro atoms. The molecule has 1 saturated heterocycles. The molecule has 1 aromatic rings. The molecule has 20 heavy (non-hydrogen) atoms. The maximum absolute atomic E-state index is 10.2. The van der Waals surface area contributed by atoms with E-state index < -0.39 is 5.60 Å². The van der Waals surface area contributed by atoms with Crippen LogP contribution in [0.1, 0.15) is 20.8 Å². The van der Waals surface area contributed by atoms with Crippen molar-refractivity contribution >= 4 is 0 Å². The largest absolute Gasteiger partial charge is 0.494 e. The van der Waals surface area contributed by atoms with Crippen molar-refractivity contribution in [3.63, 3.8) is 0 Å². The quantitative estimate of drug-likeness (QED) is 0.830. The molecule has 0 aliphatic carbocycles. The molecule has 1 N–H and O–H groups in total. The predicted molar refractivity (Wildman–Crippen MR) is 79.3 cm³/mol. The van der Waals surface area contributed by atoms with Crippen LogP contribution in [0.25, 0.3) is 0 Å². The molecule has 1 fully saturated rings.